The average Bonchev–Trinajstić information content (AvgIpc) is 3.00. The topological polar surface area (TPSA) is 63.8 Å². The van der Waals surface area contributed by atoms with Gasteiger partial charge in [-0.3, -0.25) is 0 Å². The lowest BCUT2D eigenvalue weighted by atomic mass is 9.99. The van der Waals surface area contributed by atoms with Gasteiger partial charge in [0.25, 0.3) is 0 Å². The molecule has 0 atom stereocenters. The van der Waals surface area contributed by atoms with Crippen molar-refractivity contribution in [3.05, 3.63) is 18.1 Å². The third-order valence-electron chi connectivity index (χ3n) is 2.97. The zero-order chi connectivity index (χ0) is 11.8. The lowest BCUT2D eigenvalue weighted by molar-refractivity contribution is 0.492. The van der Waals surface area contributed by atoms with E-state index < -0.39 is 0 Å². The average molecular weight is 236 g/mol. The largest absolute Gasteiger partial charge is 0.388 e. The Morgan fingerprint density at radius 2 is 2.06 bits per heavy atom. The highest BCUT2D eigenvalue weighted by Crippen LogP contribution is 2.41. The number of hydrogen-bond acceptors (Lipinski definition) is 4. The number of anilines is 1. The molecule has 16 heavy (non-hydrogen) atoms. The Bertz CT molecular complexity index is 412. The Balaban J connectivity index is 2.23. The van der Waals surface area contributed by atoms with Crippen LogP contribution in [0, 0.1) is 5.92 Å². The van der Waals surface area contributed by atoms with Crippen molar-refractivity contribution in [1.82, 2.24) is 9.97 Å². The van der Waals surface area contributed by atoms with Crippen LogP contribution in [0.5, 0.6) is 0 Å². The molecule has 0 saturated heterocycles. The van der Waals surface area contributed by atoms with Crippen LogP contribution in [0.15, 0.2) is 12.4 Å². The maximum Gasteiger partial charge on any atom is 0.155 e. The van der Waals surface area contributed by atoms with E-state index in [1.165, 1.54) is 12.8 Å². The molecule has 0 aromatic carbocycles. The molecule has 0 bridgehead atoms. The molecule has 1 aromatic heterocycles. The number of aromatic nitrogens is 2. The highest BCUT2D eigenvalue weighted by atomic mass is 32.1. The third kappa shape index (κ3) is 2.29. The van der Waals surface area contributed by atoms with Crippen LogP contribution in [0.3, 0.4) is 0 Å². The molecule has 1 heterocycles. The number of nitrogens with two attached hydrogens (primary N) is 1. The zero-order valence-electron chi connectivity index (χ0n) is 9.53. The van der Waals surface area contributed by atoms with E-state index in [2.05, 4.69) is 29.1 Å². The molecule has 1 fully saturated rings. The number of nitrogens with zero attached hydrogens (tertiary/aromatic N) is 2. The molecule has 0 unspecified atom stereocenters. The molecule has 86 valence electrons. The summed E-state index contributed by atoms with van der Waals surface area (Å²) in [5.74, 6) is 1.39. The van der Waals surface area contributed by atoms with Crippen molar-refractivity contribution >= 4 is 23.0 Å². The van der Waals surface area contributed by atoms with Gasteiger partial charge in [-0.2, -0.15) is 0 Å². The summed E-state index contributed by atoms with van der Waals surface area (Å²) in [5, 5.41) is 3.39. The van der Waals surface area contributed by atoms with Crippen LogP contribution < -0.4 is 11.1 Å². The van der Waals surface area contributed by atoms with Gasteiger partial charge < -0.3 is 11.1 Å². The Kier molecular flexibility index (Phi) is 2.80. The summed E-state index contributed by atoms with van der Waals surface area (Å²) < 4.78 is 0. The van der Waals surface area contributed by atoms with Gasteiger partial charge in [-0.25, -0.2) is 9.97 Å². The predicted molar refractivity (Wildman–Crippen MR) is 68.3 cm³/mol. The Hall–Kier alpha value is -1.23. The van der Waals surface area contributed by atoms with Crippen molar-refractivity contribution in [3.8, 4) is 0 Å². The van der Waals surface area contributed by atoms with Gasteiger partial charge >= 0.3 is 0 Å². The van der Waals surface area contributed by atoms with Crippen LogP contribution >= 0.6 is 12.2 Å². The van der Waals surface area contributed by atoms with E-state index in [1.54, 1.807) is 12.4 Å². The first-order valence-electron chi connectivity index (χ1n) is 5.39. The minimum atomic E-state index is 0.0234. The summed E-state index contributed by atoms with van der Waals surface area (Å²) >= 11 is 4.96. The van der Waals surface area contributed by atoms with E-state index in [4.69, 9.17) is 18.0 Å². The predicted octanol–water partition coefficient (Wildman–Crippen LogP) is 1.71. The van der Waals surface area contributed by atoms with Gasteiger partial charge in [0, 0.05) is 17.9 Å². The zero-order valence-corrected chi connectivity index (χ0v) is 10.3. The van der Waals surface area contributed by atoms with Crippen LogP contribution in [0.4, 0.5) is 5.82 Å². The van der Waals surface area contributed by atoms with Gasteiger partial charge in [-0.15, -0.1) is 0 Å². The van der Waals surface area contributed by atoms with Gasteiger partial charge in [0.1, 0.15) is 10.7 Å². The Labute approximate surface area is 101 Å². The van der Waals surface area contributed by atoms with E-state index in [0.29, 0.717) is 17.4 Å². The van der Waals surface area contributed by atoms with E-state index in [9.17, 15) is 0 Å². The van der Waals surface area contributed by atoms with Crippen LogP contribution in [-0.4, -0.2) is 20.5 Å². The van der Waals surface area contributed by atoms with Gasteiger partial charge in [0.05, 0.1) is 0 Å². The quantitative estimate of drug-likeness (QED) is 0.779. The minimum Gasteiger partial charge on any atom is -0.388 e. The van der Waals surface area contributed by atoms with Crippen LogP contribution in [0.25, 0.3) is 0 Å². The summed E-state index contributed by atoms with van der Waals surface area (Å²) in [4.78, 5) is 8.68. The highest BCUT2D eigenvalue weighted by Gasteiger charge is 2.38. The van der Waals surface area contributed by atoms with Gasteiger partial charge in [0.15, 0.2) is 5.82 Å². The van der Waals surface area contributed by atoms with E-state index in [-0.39, 0.29) is 10.5 Å². The molecule has 1 aromatic rings. The highest BCUT2D eigenvalue weighted by molar-refractivity contribution is 7.80. The number of thiocarbonyl (C=S) groups is 1. The molecular weight excluding hydrogens is 220 g/mol. The lowest BCUT2D eigenvalue weighted by Gasteiger charge is -2.27. The maximum atomic E-state index is 5.61. The van der Waals surface area contributed by atoms with Crippen LogP contribution in [-0.2, 0) is 0 Å². The molecule has 0 aliphatic heterocycles. The van der Waals surface area contributed by atoms with E-state index in [0.717, 1.165) is 0 Å². The second kappa shape index (κ2) is 3.97. The first-order valence-corrected chi connectivity index (χ1v) is 5.80. The molecule has 0 spiro atoms. The van der Waals surface area contributed by atoms with Crippen molar-refractivity contribution in [2.24, 2.45) is 11.7 Å². The van der Waals surface area contributed by atoms with Gasteiger partial charge in [-0.05, 0) is 32.6 Å². The Morgan fingerprint density at radius 1 is 1.44 bits per heavy atom. The summed E-state index contributed by atoms with van der Waals surface area (Å²) in [7, 11) is 0. The van der Waals surface area contributed by atoms with Crippen LogP contribution in [0.2, 0.25) is 0 Å². The summed E-state index contributed by atoms with van der Waals surface area (Å²) in [6.45, 7) is 4.34. The van der Waals surface area contributed by atoms with Crippen molar-refractivity contribution in [3.63, 3.8) is 0 Å². The van der Waals surface area contributed by atoms with E-state index >= 15 is 0 Å². The summed E-state index contributed by atoms with van der Waals surface area (Å²) in [6, 6.07) is 0. The fraction of sp³-hybridized carbons (Fsp3) is 0.545. The molecule has 1 aliphatic carbocycles. The number of hydrogen-bond donors (Lipinski definition) is 2. The van der Waals surface area contributed by atoms with Gasteiger partial charge in [-0.1, -0.05) is 12.2 Å². The molecule has 2 rings (SSSR count). The summed E-state index contributed by atoms with van der Waals surface area (Å²) in [6.07, 6.45) is 5.78. The van der Waals surface area contributed by atoms with Crippen molar-refractivity contribution in [2.45, 2.75) is 32.2 Å². The number of rotatable bonds is 4. The van der Waals surface area contributed by atoms with Crippen molar-refractivity contribution < 1.29 is 0 Å². The molecule has 1 aliphatic rings. The fourth-order valence-electron chi connectivity index (χ4n) is 1.82. The minimum absolute atomic E-state index is 0.0234. The maximum absolute atomic E-state index is 5.61. The molecule has 0 radical (unpaired) electrons. The molecule has 0 amide bonds. The standard InChI is InChI=1S/C11H16N4S/c1-11(2,7-3-4-7)15-10-8(9(12)16)13-5-6-14-10/h5-7H,3-4H2,1-2H3,(H2,12,16)(H,14,15). The molecular formula is C11H16N4S. The first kappa shape index (κ1) is 11.3. The van der Waals surface area contributed by atoms with Crippen molar-refractivity contribution in [2.75, 3.05) is 5.32 Å². The number of nitrogens with one attached hydrogen (secondary N) is 1. The van der Waals surface area contributed by atoms with Crippen molar-refractivity contribution in [1.29, 1.82) is 0 Å². The molecule has 4 nitrogen and oxygen atoms in total. The normalized spacial score (nSPS) is 15.9. The lowest BCUT2D eigenvalue weighted by Crippen LogP contribution is -2.35. The van der Waals surface area contributed by atoms with Crippen LogP contribution in [0.1, 0.15) is 32.4 Å². The second-order valence-electron chi connectivity index (χ2n) is 4.74. The second-order valence-corrected chi connectivity index (χ2v) is 5.18. The van der Waals surface area contributed by atoms with E-state index in [1.807, 2.05) is 0 Å². The Morgan fingerprint density at radius 3 is 2.62 bits per heavy atom. The molecule has 3 N–H and O–H groups in total. The SMILES string of the molecule is CC(C)(Nc1nccnc1C(N)=S)C1CC1. The van der Waals surface area contributed by atoms with Gasteiger partial charge in [0.2, 0.25) is 0 Å². The molecule has 5 heteroatoms. The first-order chi connectivity index (χ1) is 7.50. The summed E-state index contributed by atoms with van der Waals surface area (Å²) in [5.41, 5.74) is 6.21. The molecule has 1 saturated carbocycles. The monoisotopic (exact) mass is 236 g/mol. The third-order valence-corrected chi connectivity index (χ3v) is 3.16. The smallest absolute Gasteiger partial charge is 0.155 e. The fourth-order valence-corrected chi connectivity index (χ4v) is 1.97.